The number of benzene rings is 4. The summed E-state index contributed by atoms with van der Waals surface area (Å²) in [6, 6.07) is 32.9. The molecule has 6 rings (SSSR count). The molecular formula is C33H29BFN3O2. The van der Waals surface area contributed by atoms with Crippen LogP contribution in [0.5, 0.6) is 0 Å². The molecule has 5 nitrogen and oxygen atoms in total. The number of hydrogen-bond acceptors (Lipinski definition) is 5. The predicted octanol–water partition coefficient (Wildman–Crippen LogP) is 6.98. The summed E-state index contributed by atoms with van der Waals surface area (Å²) < 4.78 is 27.4. The highest BCUT2D eigenvalue weighted by Gasteiger charge is 2.52. The van der Waals surface area contributed by atoms with E-state index >= 15 is 4.39 Å². The van der Waals surface area contributed by atoms with Gasteiger partial charge in [-0.3, -0.25) is 0 Å². The number of aromatic nitrogens is 3. The molecule has 0 spiro atoms. The molecule has 198 valence electrons. The average molecular weight is 529 g/mol. The van der Waals surface area contributed by atoms with Crippen LogP contribution in [0.4, 0.5) is 4.39 Å². The van der Waals surface area contributed by atoms with Crippen LogP contribution in [0.3, 0.4) is 0 Å². The van der Waals surface area contributed by atoms with E-state index in [4.69, 9.17) is 24.3 Å². The van der Waals surface area contributed by atoms with Crippen LogP contribution in [-0.4, -0.2) is 33.3 Å². The zero-order chi connectivity index (χ0) is 27.9. The molecule has 1 fully saturated rings. The quantitative estimate of drug-likeness (QED) is 0.230. The van der Waals surface area contributed by atoms with Gasteiger partial charge in [0, 0.05) is 22.2 Å². The maximum absolute atomic E-state index is 15.1. The summed E-state index contributed by atoms with van der Waals surface area (Å²) in [6.45, 7) is 7.79. The Bertz CT molecular complexity index is 1640. The summed E-state index contributed by atoms with van der Waals surface area (Å²) in [5.74, 6) is 1.10. The van der Waals surface area contributed by atoms with Gasteiger partial charge in [-0.25, -0.2) is 19.3 Å². The maximum Gasteiger partial charge on any atom is 0.497 e. The van der Waals surface area contributed by atoms with E-state index in [1.807, 2.05) is 88.4 Å². The second-order valence-corrected chi connectivity index (χ2v) is 10.9. The lowest BCUT2D eigenvalue weighted by atomic mass is 9.78. The van der Waals surface area contributed by atoms with Crippen molar-refractivity contribution in [1.82, 2.24) is 15.0 Å². The van der Waals surface area contributed by atoms with Gasteiger partial charge in [-0.05, 0) is 57.0 Å². The van der Waals surface area contributed by atoms with Gasteiger partial charge in [0.15, 0.2) is 17.5 Å². The largest absolute Gasteiger partial charge is 0.497 e. The third-order valence-corrected chi connectivity index (χ3v) is 7.68. The fourth-order valence-electron chi connectivity index (χ4n) is 4.63. The molecule has 7 heteroatoms. The van der Waals surface area contributed by atoms with Crippen LogP contribution < -0.4 is 5.46 Å². The Morgan fingerprint density at radius 1 is 0.525 bits per heavy atom. The highest BCUT2D eigenvalue weighted by molar-refractivity contribution is 6.62. The van der Waals surface area contributed by atoms with Crippen LogP contribution in [0.1, 0.15) is 27.7 Å². The van der Waals surface area contributed by atoms with Crippen molar-refractivity contribution >= 4 is 12.6 Å². The van der Waals surface area contributed by atoms with Crippen molar-refractivity contribution in [3.05, 3.63) is 109 Å². The zero-order valence-electron chi connectivity index (χ0n) is 22.9. The zero-order valence-corrected chi connectivity index (χ0v) is 22.9. The Balaban J connectivity index is 1.43. The summed E-state index contributed by atoms with van der Waals surface area (Å²) in [5, 5.41) is 0. The van der Waals surface area contributed by atoms with Gasteiger partial charge in [0.2, 0.25) is 0 Å². The van der Waals surface area contributed by atoms with Crippen LogP contribution in [0.2, 0.25) is 0 Å². The van der Waals surface area contributed by atoms with E-state index in [0.29, 0.717) is 28.5 Å². The normalized spacial score (nSPS) is 15.8. The fraction of sp³-hybridized carbons (Fsp3) is 0.182. The fourth-order valence-corrected chi connectivity index (χ4v) is 4.63. The third kappa shape index (κ3) is 4.94. The molecule has 0 unspecified atom stereocenters. The second kappa shape index (κ2) is 10.1. The van der Waals surface area contributed by atoms with Crippen LogP contribution in [0, 0.1) is 5.82 Å². The van der Waals surface area contributed by atoms with E-state index in [1.165, 1.54) is 6.07 Å². The molecule has 0 amide bonds. The van der Waals surface area contributed by atoms with Gasteiger partial charge in [-0.1, -0.05) is 84.9 Å². The van der Waals surface area contributed by atoms with Crippen molar-refractivity contribution in [2.24, 2.45) is 0 Å². The smallest absolute Gasteiger partial charge is 0.399 e. The standard InChI is InChI=1S/C33H29BFN3O2/c1-32(2)33(3,4)40-34(39-32)27-21-26(19-20-28(27)35)31-37-29(24-13-9-6-10-14-24)36-30(38-31)25-17-15-23(16-18-25)22-11-7-5-8-12-22/h5-21H,1-4H3. The van der Waals surface area contributed by atoms with Gasteiger partial charge in [0.25, 0.3) is 0 Å². The average Bonchev–Trinajstić information content (AvgIpc) is 3.20. The van der Waals surface area contributed by atoms with Crippen LogP contribution in [0.15, 0.2) is 103 Å². The van der Waals surface area contributed by atoms with E-state index in [9.17, 15) is 0 Å². The Morgan fingerprint density at radius 3 is 1.48 bits per heavy atom. The van der Waals surface area contributed by atoms with Crippen LogP contribution in [-0.2, 0) is 9.31 Å². The van der Waals surface area contributed by atoms with Crippen LogP contribution in [0.25, 0.3) is 45.3 Å². The van der Waals surface area contributed by atoms with E-state index in [0.717, 1.165) is 22.3 Å². The molecule has 1 saturated heterocycles. The molecule has 1 aliphatic rings. The Kier molecular flexibility index (Phi) is 6.57. The molecule has 0 aliphatic carbocycles. The van der Waals surface area contributed by atoms with Crippen molar-refractivity contribution in [3.8, 4) is 45.3 Å². The van der Waals surface area contributed by atoms with Crippen molar-refractivity contribution in [2.45, 2.75) is 38.9 Å². The SMILES string of the molecule is CC1(C)OB(c2cc(-c3nc(-c4ccccc4)nc(-c4ccc(-c5ccccc5)cc4)n3)ccc2F)OC1(C)C. The number of nitrogens with zero attached hydrogens (tertiary/aromatic N) is 3. The Labute approximate surface area is 234 Å². The summed E-state index contributed by atoms with van der Waals surface area (Å²) in [6.07, 6.45) is 0. The van der Waals surface area contributed by atoms with Crippen molar-refractivity contribution in [2.75, 3.05) is 0 Å². The minimum absolute atomic E-state index is 0.312. The first-order chi connectivity index (χ1) is 19.2. The van der Waals surface area contributed by atoms with Gasteiger partial charge in [0.1, 0.15) is 5.82 Å². The first-order valence-electron chi connectivity index (χ1n) is 13.3. The maximum atomic E-state index is 15.1. The lowest BCUT2D eigenvalue weighted by Gasteiger charge is -2.32. The van der Waals surface area contributed by atoms with Gasteiger partial charge in [0.05, 0.1) is 11.2 Å². The van der Waals surface area contributed by atoms with Crippen molar-refractivity contribution < 1.29 is 13.7 Å². The molecule has 0 radical (unpaired) electrons. The van der Waals surface area contributed by atoms with E-state index < -0.39 is 24.1 Å². The van der Waals surface area contributed by atoms with Gasteiger partial charge in [-0.2, -0.15) is 0 Å². The molecule has 0 atom stereocenters. The lowest BCUT2D eigenvalue weighted by Crippen LogP contribution is -2.41. The monoisotopic (exact) mass is 529 g/mol. The van der Waals surface area contributed by atoms with Crippen LogP contribution >= 0.6 is 0 Å². The first kappa shape index (κ1) is 26.0. The van der Waals surface area contributed by atoms with Crippen molar-refractivity contribution in [1.29, 1.82) is 0 Å². The highest BCUT2D eigenvalue weighted by atomic mass is 19.1. The van der Waals surface area contributed by atoms with Gasteiger partial charge >= 0.3 is 7.12 Å². The molecule has 1 aliphatic heterocycles. The molecule has 5 aromatic rings. The molecular weight excluding hydrogens is 500 g/mol. The minimum Gasteiger partial charge on any atom is -0.399 e. The minimum atomic E-state index is -0.842. The second-order valence-electron chi connectivity index (χ2n) is 10.9. The summed E-state index contributed by atoms with van der Waals surface area (Å²) in [4.78, 5) is 14.4. The first-order valence-corrected chi connectivity index (χ1v) is 13.3. The number of halogens is 1. The lowest BCUT2D eigenvalue weighted by molar-refractivity contribution is 0.00578. The highest BCUT2D eigenvalue weighted by Crippen LogP contribution is 2.37. The summed E-state index contributed by atoms with van der Waals surface area (Å²) in [7, 11) is -0.842. The molecule has 4 aromatic carbocycles. The topological polar surface area (TPSA) is 57.1 Å². The van der Waals surface area contributed by atoms with E-state index in [1.54, 1.807) is 12.1 Å². The Morgan fingerprint density at radius 2 is 0.925 bits per heavy atom. The molecule has 0 N–H and O–H groups in total. The molecule has 1 aromatic heterocycles. The van der Waals surface area contributed by atoms with E-state index in [2.05, 4.69) is 24.3 Å². The van der Waals surface area contributed by atoms with Crippen molar-refractivity contribution in [3.63, 3.8) is 0 Å². The Hall–Kier alpha value is -4.20. The number of rotatable bonds is 5. The molecule has 2 heterocycles. The predicted molar refractivity (Wildman–Crippen MR) is 157 cm³/mol. The summed E-state index contributed by atoms with van der Waals surface area (Å²) in [5.41, 5.74) is 3.74. The van der Waals surface area contributed by atoms with Gasteiger partial charge in [-0.15, -0.1) is 0 Å². The van der Waals surface area contributed by atoms with E-state index in [-0.39, 0.29) is 0 Å². The molecule has 0 bridgehead atoms. The van der Waals surface area contributed by atoms with Gasteiger partial charge < -0.3 is 9.31 Å². The third-order valence-electron chi connectivity index (χ3n) is 7.68. The molecule has 40 heavy (non-hydrogen) atoms. The number of hydrogen-bond donors (Lipinski definition) is 0. The summed E-state index contributed by atoms with van der Waals surface area (Å²) >= 11 is 0. The molecule has 0 saturated carbocycles.